The summed E-state index contributed by atoms with van der Waals surface area (Å²) in [5.74, 6) is -1.07. The summed E-state index contributed by atoms with van der Waals surface area (Å²) in [6.45, 7) is 0.540. The summed E-state index contributed by atoms with van der Waals surface area (Å²) in [5, 5.41) is 13.3. The van der Waals surface area contributed by atoms with Gasteiger partial charge < -0.3 is 25.2 Å². The maximum Gasteiger partial charge on any atom is 0.313 e. The lowest BCUT2D eigenvalue weighted by molar-refractivity contribution is -0.136. The van der Waals surface area contributed by atoms with Crippen molar-refractivity contribution in [3.05, 3.63) is 24.3 Å². The summed E-state index contributed by atoms with van der Waals surface area (Å²) in [6, 6.07) is 6.79. The van der Waals surface area contributed by atoms with Crippen LogP contribution >= 0.6 is 0 Å². The molecule has 0 atom stereocenters. The minimum Gasteiger partial charge on any atom is -0.495 e. The van der Waals surface area contributed by atoms with Gasteiger partial charge in [0.15, 0.2) is 0 Å². The molecule has 20 heavy (non-hydrogen) atoms. The maximum atomic E-state index is 11.6. The second-order valence-corrected chi connectivity index (χ2v) is 3.75. The molecule has 0 saturated carbocycles. The quantitative estimate of drug-likeness (QED) is 0.474. The highest BCUT2D eigenvalue weighted by atomic mass is 16.5. The molecule has 0 fully saturated rings. The fourth-order valence-electron chi connectivity index (χ4n) is 1.41. The molecule has 110 valence electrons. The average molecular weight is 282 g/mol. The SMILES string of the molecule is COc1ccccc1NC(=O)C(=O)NCCOCCO. The number of anilines is 1. The molecule has 0 radical (unpaired) electrons. The Morgan fingerprint density at radius 2 is 1.95 bits per heavy atom. The number of aliphatic hydroxyl groups excluding tert-OH is 1. The Bertz CT molecular complexity index is 450. The van der Waals surface area contributed by atoms with Crippen LogP contribution in [0.25, 0.3) is 0 Å². The van der Waals surface area contributed by atoms with E-state index in [1.807, 2.05) is 0 Å². The third-order valence-corrected chi connectivity index (χ3v) is 2.33. The van der Waals surface area contributed by atoms with Gasteiger partial charge in [0, 0.05) is 6.54 Å². The molecule has 0 aromatic heterocycles. The molecule has 0 bridgehead atoms. The summed E-state index contributed by atoms with van der Waals surface area (Å²) in [4.78, 5) is 23.2. The number of carbonyl (C=O) groups excluding carboxylic acids is 2. The largest absolute Gasteiger partial charge is 0.495 e. The molecule has 0 heterocycles. The predicted octanol–water partition coefficient (Wildman–Crippen LogP) is -0.241. The normalized spacial score (nSPS) is 9.90. The lowest BCUT2D eigenvalue weighted by atomic mass is 10.3. The first-order valence-corrected chi connectivity index (χ1v) is 6.10. The van der Waals surface area contributed by atoms with Gasteiger partial charge in [0.05, 0.1) is 32.6 Å². The van der Waals surface area contributed by atoms with Crippen LogP contribution < -0.4 is 15.4 Å². The van der Waals surface area contributed by atoms with Crippen LogP contribution in [-0.4, -0.2) is 50.4 Å². The van der Waals surface area contributed by atoms with Crippen molar-refractivity contribution in [1.29, 1.82) is 0 Å². The van der Waals surface area contributed by atoms with Crippen LogP contribution in [0.15, 0.2) is 24.3 Å². The molecule has 0 aliphatic rings. The van der Waals surface area contributed by atoms with Crippen molar-refractivity contribution in [2.24, 2.45) is 0 Å². The van der Waals surface area contributed by atoms with E-state index in [-0.39, 0.29) is 26.4 Å². The third-order valence-electron chi connectivity index (χ3n) is 2.33. The Labute approximate surface area is 116 Å². The van der Waals surface area contributed by atoms with Gasteiger partial charge in [-0.3, -0.25) is 9.59 Å². The van der Waals surface area contributed by atoms with E-state index in [2.05, 4.69) is 10.6 Å². The molecule has 1 rings (SSSR count). The van der Waals surface area contributed by atoms with Gasteiger partial charge in [0.25, 0.3) is 0 Å². The van der Waals surface area contributed by atoms with Crippen LogP contribution in [0.3, 0.4) is 0 Å². The fraction of sp³-hybridized carbons (Fsp3) is 0.385. The Morgan fingerprint density at radius 3 is 2.65 bits per heavy atom. The third kappa shape index (κ3) is 5.25. The number of para-hydroxylation sites is 2. The van der Waals surface area contributed by atoms with Crippen LogP contribution in [0.2, 0.25) is 0 Å². The first-order valence-electron chi connectivity index (χ1n) is 6.10. The second-order valence-electron chi connectivity index (χ2n) is 3.75. The van der Waals surface area contributed by atoms with Crippen molar-refractivity contribution in [2.75, 3.05) is 38.8 Å². The second kappa shape index (κ2) is 8.89. The monoisotopic (exact) mass is 282 g/mol. The van der Waals surface area contributed by atoms with Crippen molar-refractivity contribution in [3.63, 3.8) is 0 Å². The van der Waals surface area contributed by atoms with Gasteiger partial charge in [-0.05, 0) is 12.1 Å². The molecule has 0 saturated heterocycles. The molecule has 1 aromatic rings. The van der Waals surface area contributed by atoms with Crippen molar-refractivity contribution >= 4 is 17.5 Å². The van der Waals surface area contributed by atoms with Crippen molar-refractivity contribution in [2.45, 2.75) is 0 Å². The van der Waals surface area contributed by atoms with Crippen LogP contribution in [0.1, 0.15) is 0 Å². The maximum absolute atomic E-state index is 11.6. The minimum absolute atomic E-state index is 0.0811. The highest BCUT2D eigenvalue weighted by Crippen LogP contribution is 2.22. The summed E-state index contributed by atoms with van der Waals surface area (Å²) in [5.41, 5.74) is 0.423. The van der Waals surface area contributed by atoms with Crippen molar-refractivity contribution in [3.8, 4) is 5.75 Å². The molecule has 0 spiro atoms. The van der Waals surface area contributed by atoms with Gasteiger partial charge in [-0.2, -0.15) is 0 Å². The van der Waals surface area contributed by atoms with Crippen LogP contribution in [0.4, 0.5) is 5.69 Å². The molecule has 7 nitrogen and oxygen atoms in total. The number of nitrogens with one attached hydrogen (secondary N) is 2. The lowest BCUT2D eigenvalue weighted by Crippen LogP contribution is -2.37. The van der Waals surface area contributed by atoms with E-state index in [1.165, 1.54) is 7.11 Å². The molecule has 2 amide bonds. The van der Waals surface area contributed by atoms with E-state index in [0.29, 0.717) is 11.4 Å². The molecular weight excluding hydrogens is 264 g/mol. The molecule has 0 aliphatic heterocycles. The molecule has 0 aliphatic carbocycles. The van der Waals surface area contributed by atoms with E-state index >= 15 is 0 Å². The van der Waals surface area contributed by atoms with Gasteiger partial charge >= 0.3 is 11.8 Å². The Hall–Kier alpha value is -2.12. The molecule has 0 unspecified atom stereocenters. The van der Waals surface area contributed by atoms with E-state index in [0.717, 1.165) is 0 Å². The molecule has 7 heteroatoms. The number of methoxy groups -OCH3 is 1. The standard InChI is InChI=1S/C13H18N2O5/c1-19-11-5-3-2-4-10(11)15-13(18)12(17)14-6-8-20-9-7-16/h2-5,16H,6-9H2,1H3,(H,14,17)(H,15,18). The predicted molar refractivity (Wildman–Crippen MR) is 72.5 cm³/mol. The van der Waals surface area contributed by atoms with Gasteiger partial charge in [-0.15, -0.1) is 0 Å². The smallest absolute Gasteiger partial charge is 0.313 e. The summed E-state index contributed by atoms with van der Waals surface area (Å²) < 4.78 is 10.0. The molecular formula is C13H18N2O5. The van der Waals surface area contributed by atoms with Crippen LogP contribution in [-0.2, 0) is 14.3 Å². The topological polar surface area (TPSA) is 96.9 Å². The number of benzene rings is 1. The van der Waals surface area contributed by atoms with Gasteiger partial charge in [0.2, 0.25) is 0 Å². The average Bonchev–Trinajstić information content (AvgIpc) is 2.47. The van der Waals surface area contributed by atoms with Gasteiger partial charge in [0.1, 0.15) is 5.75 Å². The number of aliphatic hydroxyl groups is 1. The molecule has 1 aromatic carbocycles. The Kier molecular flexibility index (Phi) is 7.08. The fourth-order valence-corrected chi connectivity index (χ4v) is 1.41. The zero-order chi connectivity index (χ0) is 14.8. The highest BCUT2D eigenvalue weighted by molar-refractivity contribution is 6.39. The van der Waals surface area contributed by atoms with Crippen molar-refractivity contribution in [1.82, 2.24) is 5.32 Å². The van der Waals surface area contributed by atoms with Crippen LogP contribution in [0.5, 0.6) is 5.75 Å². The first-order chi connectivity index (χ1) is 9.69. The van der Waals surface area contributed by atoms with E-state index < -0.39 is 11.8 Å². The Morgan fingerprint density at radius 1 is 1.20 bits per heavy atom. The van der Waals surface area contributed by atoms with Crippen molar-refractivity contribution < 1.29 is 24.2 Å². The van der Waals surface area contributed by atoms with Crippen LogP contribution in [0, 0.1) is 0 Å². The zero-order valence-corrected chi connectivity index (χ0v) is 11.2. The number of hydrogen-bond acceptors (Lipinski definition) is 5. The Balaban J connectivity index is 2.40. The van der Waals surface area contributed by atoms with E-state index in [4.69, 9.17) is 14.6 Å². The van der Waals surface area contributed by atoms with Gasteiger partial charge in [-0.25, -0.2) is 0 Å². The number of rotatable bonds is 7. The number of hydrogen-bond donors (Lipinski definition) is 3. The summed E-state index contributed by atoms with van der Waals surface area (Å²) >= 11 is 0. The number of amides is 2. The first kappa shape index (κ1) is 15.9. The summed E-state index contributed by atoms with van der Waals surface area (Å²) in [7, 11) is 1.48. The minimum atomic E-state index is -0.781. The highest BCUT2D eigenvalue weighted by Gasteiger charge is 2.14. The van der Waals surface area contributed by atoms with E-state index in [1.54, 1.807) is 24.3 Å². The number of carbonyl (C=O) groups is 2. The number of ether oxygens (including phenoxy) is 2. The molecule has 3 N–H and O–H groups in total. The van der Waals surface area contributed by atoms with Gasteiger partial charge in [-0.1, -0.05) is 12.1 Å². The summed E-state index contributed by atoms with van der Waals surface area (Å²) in [6.07, 6.45) is 0. The zero-order valence-electron chi connectivity index (χ0n) is 11.2. The van der Waals surface area contributed by atoms with E-state index in [9.17, 15) is 9.59 Å². The lowest BCUT2D eigenvalue weighted by Gasteiger charge is -2.09.